The van der Waals surface area contributed by atoms with Crippen molar-refractivity contribution in [1.82, 2.24) is 0 Å². The highest BCUT2D eigenvalue weighted by Gasteiger charge is 2.33. The van der Waals surface area contributed by atoms with Gasteiger partial charge in [0.05, 0.1) is 17.2 Å². The molecule has 0 fully saturated rings. The number of hydrogen-bond donors (Lipinski definition) is 0. The molecule has 0 unspecified atom stereocenters. The second kappa shape index (κ2) is 5.44. The molecular weight excluding hydrogens is 286 g/mol. The van der Waals surface area contributed by atoms with Crippen molar-refractivity contribution in [3.05, 3.63) is 58.9 Å². The van der Waals surface area contributed by atoms with E-state index in [1.54, 1.807) is 6.92 Å². The summed E-state index contributed by atoms with van der Waals surface area (Å²) < 4.78 is 56.4. The predicted octanol–water partition coefficient (Wildman–Crippen LogP) is 4.82. The number of nitriles is 1. The van der Waals surface area contributed by atoms with Crippen molar-refractivity contribution in [1.29, 1.82) is 5.26 Å². The molecule has 0 radical (unpaired) electrons. The highest BCUT2D eigenvalue weighted by atomic mass is 19.4. The molecule has 0 heterocycles. The fourth-order valence-electron chi connectivity index (χ4n) is 1.78. The lowest BCUT2D eigenvalue weighted by atomic mass is 10.1. The maximum Gasteiger partial charge on any atom is 0.417 e. The summed E-state index contributed by atoms with van der Waals surface area (Å²) in [4.78, 5) is 0. The Labute approximate surface area is 118 Å². The van der Waals surface area contributed by atoms with Crippen LogP contribution in [-0.4, -0.2) is 0 Å². The van der Waals surface area contributed by atoms with E-state index in [0.29, 0.717) is 11.3 Å². The van der Waals surface area contributed by atoms with Gasteiger partial charge in [-0.25, -0.2) is 4.39 Å². The predicted molar refractivity (Wildman–Crippen MR) is 67.4 cm³/mol. The van der Waals surface area contributed by atoms with Crippen molar-refractivity contribution in [2.45, 2.75) is 13.1 Å². The van der Waals surface area contributed by atoms with Gasteiger partial charge in [-0.15, -0.1) is 0 Å². The zero-order chi connectivity index (χ0) is 15.6. The number of nitrogens with zero attached hydrogens (tertiary/aromatic N) is 1. The summed E-state index contributed by atoms with van der Waals surface area (Å²) in [6.07, 6.45) is -4.60. The zero-order valence-corrected chi connectivity index (χ0v) is 10.8. The maximum absolute atomic E-state index is 13.0. The van der Waals surface area contributed by atoms with E-state index in [0.717, 1.165) is 18.2 Å². The van der Waals surface area contributed by atoms with Crippen molar-refractivity contribution in [2.24, 2.45) is 0 Å². The third kappa shape index (κ3) is 3.31. The van der Waals surface area contributed by atoms with E-state index in [1.807, 2.05) is 0 Å². The van der Waals surface area contributed by atoms with E-state index >= 15 is 0 Å². The maximum atomic E-state index is 13.0. The number of aryl methyl sites for hydroxylation is 1. The minimum atomic E-state index is -4.60. The van der Waals surface area contributed by atoms with E-state index in [-0.39, 0.29) is 5.75 Å². The normalized spacial score (nSPS) is 11.0. The van der Waals surface area contributed by atoms with Crippen LogP contribution in [0.3, 0.4) is 0 Å². The lowest BCUT2D eigenvalue weighted by Crippen LogP contribution is -2.07. The van der Waals surface area contributed by atoms with E-state index in [2.05, 4.69) is 0 Å². The smallest absolute Gasteiger partial charge is 0.417 e. The van der Waals surface area contributed by atoms with Gasteiger partial charge >= 0.3 is 6.18 Å². The Kier molecular flexibility index (Phi) is 3.85. The molecule has 6 heteroatoms. The van der Waals surface area contributed by atoms with Crippen LogP contribution in [0, 0.1) is 24.1 Å². The molecule has 2 rings (SSSR count). The highest BCUT2D eigenvalue weighted by Crippen LogP contribution is 2.34. The van der Waals surface area contributed by atoms with Crippen LogP contribution in [0.25, 0.3) is 0 Å². The molecule has 0 spiro atoms. The van der Waals surface area contributed by atoms with Crippen molar-refractivity contribution in [3.63, 3.8) is 0 Å². The number of alkyl halides is 3. The fourth-order valence-corrected chi connectivity index (χ4v) is 1.78. The summed E-state index contributed by atoms with van der Waals surface area (Å²) in [5.74, 6) is -0.0562. The summed E-state index contributed by atoms with van der Waals surface area (Å²) in [7, 11) is 0. The van der Waals surface area contributed by atoms with Gasteiger partial charge in [-0.3, -0.25) is 0 Å². The Hall–Kier alpha value is -2.55. The first-order valence-corrected chi connectivity index (χ1v) is 5.86. The van der Waals surface area contributed by atoms with Crippen LogP contribution in [0.2, 0.25) is 0 Å². The summed E-state index contributed by atoms with van der Waals surface area (Å²) in [6.45, 7) is 1.60. The molecule has 21 heavy (non-hydrogen) atoms. The second-order valence-corrected chi connectivity index (χ2v) is 4.33. The molecular formula is C15H9F4NO. The average Bonchev–Trinajstić information content (AvgIpc) is 2.40. The van der Waals surface area contributed by atoms with Gasteiger partial charge in [-0.05, 0) is 48.9 Å². The van der Waals surface area contributed by atoms with Gasteiger partial charge in [0.2, 0.25) is 0 Å². The molecule has 108 valence electrons. The number of hydrogen-bond acceptors (Lipinski definition) is 2. The lowest BCUT2D eigenvalue weighted by molar-refractivity contribution is -0.137. The summed E-state index contributed by atoms with van der Waals surface area (Å²) in [5.41, 5.74) is -1.05. The van der Waals surface area contributed by atoms with Gasteiger partial charge in [0.1, 0.15) is 17.3 Å². The minimum absolute atomic E-state index is 0.0780. The van der Waals surface area contributed by atoms with Gasteiger partial charge in [-0.2, -0.15) is 18.4 Å². The van der Waals surface area contributed by atoms with Crippen LogP contribution in [0.4, 0.5) is 17.6 Å². The lowest BCUT2D eigenvalue weighted by Gasteiger charge is -2.12. The van der Waals surface area contributed by atoms with Crippen LogP contribution >= 0.6 is 0 Å². The quantitative estimate of drug-likeness (QED) is 0.744. The molecule has 0 bridgehead atoms. The minimum Gasteiger partial charge on any atom is -0.457 e. The zero-order valence-electron chi connectivity index (χ0n) is 10.8. The molecule has 0 atom stereocenters. The number of ether oxygens (including phenoxy) is 1. The third-order valence-corrected chi connectivity index (χ3v) is 2.78. The molecule has 0 aliphatic carbocycles. The molecule has 2 nitrogen and oxygen atoms in total. The number of halogens is 4. The highest BCUT2D eigenvalue weighted by molar-refractivity contribution is 5.46. The first-order valence-electron chi connectivity index (χ1n) is 5.86. The van der Waals surface area contributed by atoms with Crippen LogP contribution in [0.15, 0.2) is 36.4 Å². The van der Waals surface area contributed by atoms with Gasteiger partial charge in [0.15, 0.2) is 0 Å². The molecule has 2 aromatic rings. The first kappa shape index (κ1) is 14.9. The first-order chi connectivity index (χ1) is 9.81. The van der Waals surface area contributed by atoms with Gasteiger partial charge in [-0.1, -0.05) is 0 Å². The van der Waals surface area contributed by atoms with Crippen LogP contribution in [0.5, 0.6) is 11.5 Å². The van der Waals surface area contributed by atoms with Crippen molar-refractivity contribution >= 4 is 0 Å². The average molecular weight is 295 g/mol. The van der Waals surface area contributed by atoms with E-state index < -0.39 is 23.1 Å². The monoisotopic (exact) mass is 295 g/mol. The van der Waals surface area contributed by atoms with Gasteiger partial charge < -0.3 is 4.74 Å². The van der Waals surface area contributed by atoms with Crippen LogP contribution < -0.4 is 4.74 Å². The molecule has 0 saturated heterocycles. The topological polar surface area (TPSA) is 33.0 Å². The van der Waals surface area contributed by atoms with Crippen LogP contribution in [-0.2, 0) is 6.18 Å². The Morgan fingerprint density at radius 1 is 1.10 bits per heavy atom. The molecule has 0 amide bonds. The third-order valence-electron chi connectivity index (χ3n) is 2.78. The van der Waals surface area contributed by atoms with Crippen LogP contribution in [0.1, 0.15) is 16.7 Å². The van der Waals surface area contributed by atoms with E-state index in [4.69, 9.17) is 10.00 Å². The Bertz CT molecular complexity index is 717. The number of rotatable bonds is 2. The molecule has 0 saturated carbocycles. The van der Waals surface area contributed by atoms with Gasteiger partial charge in [0, 0.05) is 0 Å². The van der Waals surface area contributed by atoms with Crippen molar-refractivity contribution in [2.75, 3.05) is 0 Å². The largest absolute Gasteiger partial charge is 0.457 e. The SMILES string of the molecule is Cc1cc(F)ccc1Oc1ccc(C(F)(F)F)c(C#N)c1. The molecule has 2 aromatic carbocycles. The second-order valence-electron chi connectivity index (χ2n) is 4.33. The Morgan fingerprint density at radius 2 is 1.81 bits per heavy atom. The fraction of sp³-hybridized carbons (Fsp3) is 0.133. The molecule has 0 aliphatic heterocycles. The Morgan fingerprint density at radius 3 is 2.38 bits per heavy atom. The summed E-state index contributed by atoms with van der Waals surface area (Å²) >= 11 is 0. The summed E-state index contributed by atoms with van der Waals surface area (Å²) in [5, 5.41) is 8.81. The van der Waals surface area contributed by atoms with Gasteiger partial charge in [0.25, 0.3) is 0 Å². The summed E-state index contributed by atoms with van der Waals surface area (Å²) in [6, 6.07) is 8.19. The van der Waals surface area contributed by atoms with E-state index in [1.165, 1.54) is 24.3 Å². The van der Waals surface area contributed by atoms with Crippen molar-refractivity contribution in [3.8, 4) is 17.6 Å². The molecule has 0 aliphatic rings. The Balaban J connectivity index is 2.36. The molecule has 0 N–H and O–H groups in total. The molecule has 0 aromatic heterocycles. The number of benzene rings is 2. The van der Waals surface area contributed by atoms with E-state index in [9.17, 15) is 17.6 Å². The van der Waals surface area contributed by atoms with Crippen molar-refractivity contribution < 1.29 is 22.3 Å². The standard InChI is InChI=1S/C15H9F4NO/c1-9-6-11(16)2-5-14(9)21-12-3-4-13(15(17,18)19)10(7-12)8-20/h2-7H,1H3.